The van der Waals surface area contributed by atoms with Gasteiger partial charge in [0.2, 0.25) is 0 Å². The third-order valence-corrected chi connectivity index (χ3v) is 6.08. The fourth-order valence-electron chi connectivity index (χ4n) is 2.82. The Kier molecular flexibility index (Phi) is 32.8. The molecular formula is C20H43F2NaO7SSn. The van der Waals surface area contributed by atoms with Crippen LogP contribution in [0.4, 0.5) is 9.41 Å². The molecule has 0 aromatic heterocycles. The van der Waals surface area contributed by atoms with Crippen molar-refractivity contribution in [3.63, 3.8) is 0 Å². The van der Waals surface area contributed by atoms with Crippen molar-refractivity contribution < 1.29 is 41.4 Å². The standard InChI is InChI=1S/C20H38O7S.2FH.Na.Sn.3H/c1-5-9-11-16(7-3)14-26-19(21)13-18(28(23,24)25)20(22)27-15-17(8-4)12-10-6-2;;;;;;;/h16-18H,5-15H2,1-4H3,(H,23,24,25);2*1H;;;;;. The van der Waals surface area contributed by atoms with Crippen molar-refractivity contribution in [3.8, 4) is 0 Å². The Morgan fingerprint density at radius 2 is 1.25 bits per heavy atom. The molecule has 7 nitrogen and oxygen atoms in total. The molecule has 0 saturated carbocycles. The molecule has 0 saturated heterocycles. The van der Waals surface area contributed by atoms with E-state index in [1.165, 1.54) is 0 Å². The number of halogens is 2. The summed E-state index contributed by atoms with van der Waals surface area (Å²) >= 11 is 0. The average Bonchev–Trinajstić information content (AvgIpc) is 2.65. The predicted octanol–water partition coefficient (Wildman–Crippen LogP) is 2.89. The van der Waals surface area contributed by atoms with E-state index in [9.17, 15) is 22.6 Å². The molecule has 0 aromatic carbocycles. The van der Waals surface area contributed by atoms with Gasteiger partial charge in [0.1, 0.15) is 0 Å². The van der Waals surface area contributed by atoms with E-state index in [0.29, 0.717) is 0 Å². The minimum atomic E-state index is -4.76. The molecule has 32 heavy (non-hydrogen) atoms. The van der Waals surface area contributed by atoms with Gasteiger partial charge in [0.05, 0.1) is 19.6 Å². The number of rotatable bonds is 16. The third kappa shape index (κ3) is 19.9. The Morgan fingerprint density at radius 1 is 0.844 bits per heavy atom. The van der Waals surface area contributed by atoms with Crippen LogP contribution >= 0.6 is 0 Å². The Morgan fingerprint density at radius 3 is 1.59 bits per heavy atom. The number of carbonyl (C=O) groups is 2. The molecule has 0 aliphatic carbocycles. The van der Waals surface area contributed by atoms with Gasteiger partial charge in [0.15, 0.2) is 5.25 Å². The second-order valence-corrected chi connectivity index (χ2v) is 8.95. The molecule has 190 valence electrons. The fourth-order valence-corrected chi connectivity index (χ4v) is 3.48. The zero-order valence-corrected chi connectivity index (χ0v) is 24.2. The van der Waals surface area contributed by atoms with E-state index in [2.05, 4.69) is 13.8 Å². The van der Waals surface area contributed by atoms with Gasteiger partial charge in [0.25, 0.3) is 10.1 Å². The van der Waals surface area contributed by atoms with E-state index < -0.39 is 33.7 Å². The van der Waals surface area contributed by atoms with E-state index in [1.54, 1.807) is 0 Å². The normalized spacial score (nSPS) is 13.0. The SMILES string of the molecule is CCCCC(CC)COC(=O)CC(C(=O)OCC(CC)CCCC)S(=O)(=O)O.F.F.[NaH].[SnH2]. The van der Waals surface area contributed by atoms with Crippen LogP contribution in [0.3, 0.4) is 0 Å². The van der Waals surface area contributed by atoms with Gasteiger partial charge in [0, 0.05) is 0 Å². The van der Waals surface area contributed by atoms with Gasteiger partial charge in [-0.25, -0.2) is 0 Å². The Bertz CT molecular complexity index is 568. The molecule has 1 N–H and O–H groups in total. The summed E-state index contributed by atoms with van der Waals surface area (Å²) in [7, 11) is -4.76. The van der Waals surface area contributed by atoms with Crippen LogP contribution in [-0.4, -0.2) is 96.8 Å². The second-order valence-electron chi connectivity index (χ2n) is 7.35. The van der Waals surface area contributed by atoms with Gasteiger partial charge >= 0.3 is 65.4 Å². The summed E-state index contributed by atoms with van der Waals surface area (Å²) in [4.78, 5) is 24.2. The number of carbonyl (C=O) groups excluding carboxylic acids is 2. The minimum absolute atomic E-state index is 0. The zero-order valence-electron chi connectivity index (χ0n) is 19.3. The van der Waals surface area contributed by atoms with Crippen molar-refractivity contribution >= 4 is 75.5 Å². The van der Waals surface area contributed by atoms with E-state index in [4.69, 9.17) is 9.47 Å². The van der Waals surface area contributed by atoms with Crippen LogP contribution in [0.5, 0.6) is 0 Å². The molecule has 12 heteroatoms. The van der Waals surface area contributed by atoms with Crippen LogP contribution in [0, 0.1) is 11.8 Å². The van der Waals surface area contributed by atoms with Crippen LogP contribution < -0.4 is 0 Å². The first-order valence-corrected chi connectivity index (χ1v) is 12.0. The molecular weight excluding hydrogens is 564 g/mol. The number of esters is 2. The second kappa shape index (κ2) is 24.6. The maximum atomic E-state index is 12.2. The summed E-state index contributed by atoms with van der Waals surface area (Å²) in [5, 5.41) is -1.95. The maximum absolute atomic E-state index is 12.2. The van der Waals surface area contributed by atoms with Gasteiger partial charge < -0.3 is 9.47 Å². The molecule has 0 aliphatic heterocycles. The monoisotopic (exact) mass is 608 g/mol. The first-order valence-electron chi connectivity index (χ1n) is 10.5. The van der Waals surface area contributed by atoms with Crippen molar-refractivity contribution in [1.82, 2.24) is 0 Å². The van der Waals surface area contributed by atoms with Crippen molar-refractivity contribution in [2.75, 3.05) is 13.2 Å². The van der Waals surface area contributed by atoms with E-state index in [0.717, 1.165) is 51.4 Å². The Hall–Kier alpha value is 0.509. The number of ether oxygens (including phenoxy) is 2. The number of hydrogen-bond donors (Lipinski definition) is 1. The Balaban J connectivity index is -0.000000607. The zero-order chi connectivity index (χ0) is 21.6. The quantitative estimate of drug-likeness (QED) is 0.164. The first-order chi connectivity index (χ1) is 13.2. The third-order valence-electron chi connectivity index (χ3n) is 5.00. The van der Waals surface area contributed by atoms with Gasteiger partial charge in [-0.05, 0) is 24.7 Å². The van der Waals surface area contributed by atoms with Gasteiger partial charge in [-0.15, -0.1) is 0 Å². The molecule has 0 spiro atoms. The topological polar surface area (TPSA) is 107 Å². The molecule has 0 amide bonds. The van der Waals surface area contributed by atoms with Crippen molar-refractivity contribution in [2.24, 2.45) is 11.8 Å². The molecule has 0 aromatic rings. The van der Waals surface area contributed by atoms with Gasteiger partial charge in [-0.2, -0.15) is 8.42 Å². The Labute approximate surface area is 231 Å². The molecule has 0 bridgehead atoms. The van der Waals surface area contributed by atoms with Crippen molar-refractivity contribution in [1.29, 1.82) is 0 Å². The summed E-state index contributed by atoms with van der Waals surface area (Å²) < 4.78 is 42.8. The van der Waals surface area contributed by atoms with Crippen molar-refractivity contribution in [3.05, 3.63) is 0 Å². The van der Waals surface area contributed by atoms with Crippen molar-refractivity contribution in [2.45, 2.75) is 90.7 Å². The van der Waals surface area contributed by atoms with Crippen LogP contribution in [0.15, 0.2) is 0 Å². The molecule has 0 fully saturated rings. The summed E-state index contributed by atoms with van der Waals surface area (Å²) in [5.74, 6) is -1.61. The molecule has 2 radical (unpaired) electrons. The van der Waals surface area contributed by atoms with Crippen LogP contribution in [0.2, 0.25) is 0 Å². The van der Waals surface area contributed by atoms with Gasteiger partial charge in [-0.1, -0.05) is 66.2 Å². The molecule has 0 heterocycles. The first kappa shape index (κ1) is 42.7. The van der Waals surface area contributed by atoms with E-state index in [-0.39, 0.29) is 87.9 Å². The molecule has 0 aliphatic rings. The van der Waals surface area contributed by atoms with Gasteiger partial charge in [-0.3, -0.25) is 23.6 Å². The fraction of sp³-hybridized carbons (Fsp3) is 0.900. The number of hydrogen-bond acceptors (Lipinski definition) is 6. The average molecular weight is 607 g/mol. The molecule has 3 unspecified atom stereocenters. The van der Waals surface area contributed by atoms with Crippen LogP contribution in [0.25, 0.3) is 0 Å². The van der Waals surface area contributed by atoms with E-state index in [1.807, 2.05) is 13.8 Å². The van der Waals surface area contributed by atoms with E-state index >= 15 is 0 Å². The number of unbranched alkanes of at least 4 members (excludes halogenated alkanes) is 2. The van der Waals surface area contributed by atoms with Crippen LogP contribution in [0.1, 0.15) is 85.5 Å². The predicted molar refractivity (Wildman–Crippen MR) is 129 cm³/mol. The molecule has 3 atom stereocenters. The summed E-state index contributed by atoms with van der Waals surface area (Å²) in [5.41, 5.74) is 0. The summed E-state index contributed by atoms with van der Waals surface area (Å²) in [6, 6.07) is 0. The summed E-state index contributed by atoms with van der Waals surface area (Å²) in [6.07, 6.45) is 6.74. The van der Waals surface area contributed by atoms with Crippen LogP contribution in [-0.2, 0) is 29.2 Å². The summed E-state index contributed by atoms with van der Waals surface area (Å²) in [6.45, 7) is 8.35. The molecule has 0 rings (SSSR count).